The van der Waals surface area contributed by atoms with E-state index in [1.807, 2.05) is 24.4 Å². The summed E-state index contributed by atoms with van der Waals surface area (Å²) >= 11 is 0. The molecule has 2 unspecified atom stereocenters. The number of rotatable bonds is 3. The second kappa shape index (κ2) is 8.12. The molecule has 3 aromatic heterocycles. The maximum Gasteiger partial charge on any atom is 0.229 e. The zero-order valence-electron chi connectivity index (χ0n) is 17.4. The van der Waals surface area contributed by atoms with Crippen LogP contribution < -0.4 is 9.80 Å². The van der Waals surface area contributed by atoms with Gasteiger partial charge in [-0.3, -0.25) is 4.98 Å². The molecule has 3 aromatic rings. The fourth-order valence-corrected chi connectivity index (χ4v) is 4.16. The zero-order valence-corrected chi connectivity index (χ0v) is 17.4. The van der Waals surface area contributed by atoms with Gasteiger partial charge in [0, 0.05) is 44.1 Å². The van der Waals surface area contributed by atoms with Crippen LogP contribution in [-0.2, 0) is 9.47 Å². The molecule has 0 aromatic carbocycles. The summed E-state index contributed by atoms with van der Waals surface area (Å²) in [7, 11) is 0. The SMILES string of the molecule is CC1CN(c2nc(N3CCOCC3)c3ccc(-c4cccnc4)nc3n2)CC(C)O1. The highest BCUT2D eigenvalue weighted by molar-refractivity contribution is 5.89. The number of morpholine rings is 2. The fraction of sp³-hybridized carbons (Fsp3) is 0.455. The maximum atomic E-state index is 5.90. The third-order valence-corrected chi connectivity index (χ3v) is 5.50. The molecule has 8 heteroatoms. The van der Waals surface area contributed by atoms with Crippen molar-refractivity contribution < 1.29 is 9.47 Å². The number of hydrogen-bond acceptors (Lipinski definition) is 8. The van der Waals surface area contributed by atoms with Crippen molar-refractivity contribution in [3.63, 3.8) is 0 Å². The molecule has 0 spiro atoms. The number of hydrogen-bond donors (Lipinski definition) is 0. The highest BCUT2D eigenvalue weighted by Gasteiger charge is 2.26. The van der Waals surface area contributed by atoms with Crippen LogP contribution in [0.5, 0.6) is 0 Å². The Morgan fingerprint density at radius 2 is 1.73 bits per heavy atom. The quantitative estimate of drug-likeness (QED) is 0.657. The van der Waals surface area contributed by atoms with Gasteiger partial charge in [-0.2, -0.15) is 9.97 Å². The van der Waals surface area contributed by atoms with Gasteiger partial charge in [0.1, 0.15) is 5.82 Å². The van der Waals surface area contributed by atoms with Crippen molar-refractivity contribution in [2.45, 2.75) is 26.1 Å². The van der Waals surface area contributed by atoms with Gasteiger partial charge in [0.25, 0.3) is 0 Å². The minimum atomic E-state index is 0.134. The maximum absolute atomic E-state index is 5.90. The number of anilines is 2. The Labute approximate surface area is 175 Å². The molecule has 2 fully saturated rings. The highest BCUT2D eigenvalue weighted by Crippen LogP contribution is 2.29. The molecule has 0 aliphatic carbocycles. The van der Waals surface area contributed by atoms with E-state index >= 15 is 0 Å². The Kier molecular flexibility index (Phi) is 5.18. The first-order valence-corrected chi connectivity index (χ1v) is 10.5. The van der Waals surface area contributed by atoms with Gasteiger partial charge >= 0.3 is 0 Å². The van der Waals surface area contributed by atoms with Crippen molar-refractivity contribution in [2.75, 3.05) is 49.2 Å². The van der Waals surface area contributed by atoms with Gasteiger partial charge < -0.3 is 19.3 Å². The molecule has 5 rings (SSSR count). The van der Waals surface area contributed by atoms with Gasteiger partial charge in [0.2, 0.25) is 5.95 Å². The van der Waals surface area contributed by atoms with E-state index in [0.717, 1.165) is 48.6 Å². The third-order valence-electron chi connectivity index (χ3n) is 5.50. The van der Waals surface area contributed by atoms with Crippen LogP contribution >= 0.6 is 0 Å². The lowest BCUT2D eigenvalue weighted by molar-refractivity contribution is -0.00570. The predicted molar refractivity (Wildman–Crippen MR) is 116 cm³/mol. The summed E-state index contributed by atoms with van der Waals surface area (Å²) in [6, 6.07) is 8.02. The van der Waals surface area contributed by atoms with Gasteiger partial charge in [-0.05, 0) is 38.1 Å². The normalized spacial score (nSPS) is 22.5. The Balaban J connectivity index is 1.62. The summed E-state index contributed by atoms with van der Waals surface area (Å²) in [5.74, 6) is 1.64. The molecule has 0 radical (unpaired) electrons. The van der Waals surface area contributed by atoms with E-state index in [9.17, 15) is 0 Å². The molecular formula is C22H26N6O2. The summed E-state index contributed by atoms with van der Waals surface area (Å²) in [6.07, 6.45) is 3.86. The van der Waals surface area contributed by atoms with Crippen molar-refractivity contribution in [3.05, 3.63) is 36.7 Å². The second-order valence-electron chi connectivity index (χ2n) is 7.92. The van der Waals surface area contributed by atoms with Crippen molar-refractivity contribution in [2.24, 2.45) is 0 Å². The summed E-state index contributed by atoms with van der Waals surface area (Å²) in [6.45, 7) is 8.73. The standard InChI is InChI=1S/C22H26N6O2/c1-15-13-28(14-16(2)30-15)22-25-20-18(21(26-22)27-8-10-29-11-9-27)5-6-19(24-20)17-4-3-7-23-12-17/h3-7,12,15-16H,8-11,13-14H2,1-2H3. The smallest absolute Gasteiger partial charge is 0.229 e. The van der Waals surface area contributed by atoms with E-state index in [0.29, 0.717) is 24.8 Å². The summed E-state index contributed by atoms with van der Waals surface area (Å²) in [4.78, 5) is 23.5. The monoisotopic (exact) mass is 406 g/mol. The Morgan fingerprint density at radius 3 is 2.47 bits per heavy atom. The molecule has 2 atom stereocenters. The topological polar surface area (TPSA) is 76.5 Å². The molecule has 2 aliphatic heterocycles. The third kappa shape index (κ3) is 3.80. The van der Waals surface area contributed by atoms with Crippen LogP contribution in [0, 0.1) is 0 Å². The van der Waals surface area contributed by atoms with Gasteiger partial charge in [-0.25, -0.2) is 4.98 Å². The Morgan fingerprint density at radius 1 is 0.933 bits per heavy atom. The highest BCUT2D eigenvalue weighted by atomic mass is 16.5. The lowest BCUT2D eigenvalue weighted by Crippen LogP contribution is -2.46. The number of pyridine rings is 2. The van der Waals surface area contributed by atoms with Crippen LogP contribution in [0.25, 0.3) is 22.3 Å². The number of aromatic nitrogens is 4. The average molecular weight is 406 g/mol. The number of ether oxygens (including phenoxy) is 2. The first kappa shape index (κ1) is 19.1. The molecule has 5 heterocycles. The molecular weight excluding hydrogens is 380 g/mol. The molecule has 0 N–H and O–H groups in total. The summed E-state index contributed by atoms with van der Waals surface area (Å²) in [5, 5.41) is 0.961. The molecule has 2 saturated heterocycles. The fourth-order valence-electron chi connectivity index (χ4n) is 4.16. The minimum absolute atomic E-state index is 0.134. The van der Waals surface area contributed by atoms with Gasteiger partial charge in [-0.1, -0.05) is 0 Å². The van der Waals surface area contributed by atoms with Crippen molar-refractivity contribution in [1.82, 2.24) is 19.9 Å². The van der Waals surface area contributed by atoms with Crippen LogP contribution in [0.4, 0.5) is 11.8 Å². The lowest BCUT2D eigenvalue weighted by Gasteiger charge is -2.36. The van der Waals surface area contributed by atoms with Crippen molar-refractivity contribution in [1.29, 1.82) is 0 Å². The van der Waals surface area contributed by atoms with E-state index < -0.39 is 0 Å². The largest absolute Gasteiger partial charge is 0.378 e. The number of fused-ring (bicyclic) bond motifs is 1. The summed E-state index contributed by atoms with van der Waals surface area (Å²) in [5.41, 5.74) is 2.53. The van der Waals surface area contributed by atoms with Gasteiger partial charge in [0.05, 0.1) is 36.5 Å². The van der Waals surface area contributed by atoms with E-state index in [-0.39, 0.29) is 12.2 Å². The zero-order chi connectivity index (χ0) is 20.5. The summed E-state index contributed by atoms with van der Waals surface area (Å²) < 4.78 is 11.5. The van der Waals surface area contributed by atoms with Crippen molar-refractivity contribution in [3.8, 4) is 11.3 Å². The predicted octanol–water partition coefficient (Wildman–Crippen LogP) is 2.54. The van der Waals surface area contributed by atoms with Gasteiger partial charge in [0.15, 0.2) is 5.65 Å². The molecule has 0 saturated carbocycles. The molecule has 30 heavy (non-hydrogen) atoms. The average Bonchev–Trinajstić information content (AvgIpc) is 2.78. The second-order valence-corrected chi connectivity index (χ2v) is 7.92. The minimum Gasteiger partial charge on any atom is -0.378 e. The van der Waals surface area contributed by atoms with Crippen LogP contribution in [0.1, 0.15) is 13.8 Å². The van der Waals surface area contributed by atoms with Gasteiger partial charge in [-0.15, -0.1) is 0 Å². The van der Waals surface area contributed by atoms with Crippen LogP contribution in [0.15, 0.2) is 36.7 Å². The van der Waals surface area contributed by atoms with E-state index in [1.165, 1.54) is 0 Å². The Bertz CT molecular complexity index is 1010. The molecule has 0 amide bonds. The first-order chi connectivity index (χ1) is 14.7. The van der Waals surface area contributed by atoms with E-state index in [2.05, 4.69) is 34.7 Å². The first-order valence-electron chi connectivity index (χ1n) is 10.5. The lowest BCUT2D eigenvalue weighted by atomic mass is 10.1. The molecule has 156 valence electrons. The van der Waals surface area contributed by atoms with Crippen LogP contribution in [-0.4, -0.2) is 71.5 Å². The van der Waals surface area contributed by atoms with E-state index in [4.69, 9.17) is 24.4 Å². The molecule has 2 aliphatic rings. The molecule has 8 nitrogen and oxygen atoms in total. The molecule has 0 bridgehead atoms. The van der Waals surface area contributed by atoms with Crippen LogP contribution in [0.3, 0.4) is 0 Å². The number of nitrogens with zero attached hydrogens (tertiary/aromatic N) is 6. The Hall–Kier alpha value is -2.84. The van der Waals surface area contributed by atoms with E-state index in [1.54, 1.807) is 6.20 Å². The van der Waals surface area contributed by atoms with Crippen molar-refractivity contribution >= 4 is 22.8 Å². The van der Waals surface area contributed by atoms with Crippen LogP contribution in [0.2, 0.25) is 0 Å².